The average Bonchev–Trinajstić information content (AvgIpc) is 3.93. The first-order chi connectivity index (χ1) is 22.3. The van der Waals surface area contributed by atoms with Crippen LogP contribution in [0.25, 0.3) is 0 Å². The van der Waals surface area contributed by atoms with E-state index >= 15 is 0 Å². The van der Waals surface area contributed by atoms with Gasteiger partial charge < -0.3 is 6.42 Å². The summed E-state index contributed by atoms with van der Waals surface area (Å²) in [5, 5.41) is 37.6. The van der Waals surface area contributed by atoms with Crippen LogP contribution in [0.2, 0.25) is 0 Å². The van der Waals surface area contributed by atoms with Crippen molar-refractivity contribution in [1.29, 1.82) is 0 Å². The maximum Gasteiger partial charge on any atom is 2.00 e. The Morgan fingerprint density at radius 2 is 0.804 bits per heavy atom. The minimum absolute atomic E-state index is 0. The van der Waals surface area contributed by atoms with Gasteiger partial charge in [0, 0.05) is 6.17 Å². The fourth-order valence-corrected chi connectivity index (χ4v) is 12.3. The molecule has 8 nitrogen and oxygen atoms in total. The monoisotopic (exact) mass is 698 g/mol. The Morgan fingerprint density at radius 1 is 0.457 bits per heavy atom. The summed E-state index contributed by atoms with van der Waals surface area (Å²) < 4.78 is 0. The van der Waals surface area contributed by atoms with Crippen molar-refractivity contribution in [2.75, 3.05) is 0 Å². The fraction of sp³-hybridized carbons (Fsp3) is 0.861. The maximum atomic E-state index is 4.25. The largest absolute Gasteiger partial charge is 2.00 e. The third-order valence-corrected chi connectivity index (χ3v) is 14.5. The van der Waals surface area contributed by atoms with Crippen molar-refractivity contribution in [3.63, 3.8) is 0 Å². The van der Waals surface area contributed by atoms with E-state index in [-0.39, 0.29) is 19.5 Å². The second-order valence-corrected chi connectivity index (χ2v) is 16.9. The van der Waals surface area contributed by atoms with E-state index < -0.39 is 0 Å². The van der Waals surface area contributed by atoms with Crippen molar-refractivity contribution in [3.05, 3.63) is 29.3 Å². The summed E-state index contributed by atoms with van der Waals surface area (Å²) in [5.74, 6) is 5.74. The molecule has 8 bridgehead atoms. The van der Waals surface area contributed by atoms with Crippen LogP contribution in [0.3, 0.4) is 0 Å². The summed E-state index contributed by atoms with van der Waals surface area (Å²) in [5.41, 5.74) is 0. The van der Waals surface area contributed by atoms with Crippen molar-refractivity contribution >= 4 is 11.3 Å². The van der Waals surface area contributed by atoms with Crippen molar-refractivity contribution in [2.45, 2.75) is 146 Å². The van der Waals surface area contributed by atoms with E-state index in [0.717, 1.165) is 35.5 Å². The SMILES string of the molecule is [CH-]1CCCC2C3NC(NC4NC(NC5NC(NC6NC(N3)C3CCCCC63)C3CCCCC53)C3CCCCC43)C12.[Zn+2].[c-]1ccsc1. The molecule has 5 saturated heterocycles. The van der Waals surface area contributed by atoms with Gasteiger partial charge in [0.05, 0.1) is 43.2 Å². The Labute approximate surface area is 294 Å². The molecule has 250 valence electrons. The summed E-state index contributed by atoms with van der Waals surface area (Å²) in [6, 6.07) is 4.77. The Balaban J connectivity index is 0.000000478. The van der Waals surface area contributed by atoms with Crippen LogP contribution in [-0.2, 0) is 19.5 Å². The molecule has 10 heteroatoms. The molecule has 4 saturated carbocycles. The normalized spacial score (nSPS) is 51.0. The first kappa shape index (κ1) is 33.2. The van der Waals surface area contributed by atoms with Crippen LogP contribution in [0.1, 0.15) is 96.3 Å². The maximum absolute atomic E-state index is 4.25. The first-order valence-electron chi connectivity index (χ1n) is 19.1. The van der Waals surface area contributed by atoms with Gasteiger partial charge in [0.1, 0.15) is 0 Å². The van der Waals surface area contributed by atoms with Crippen LogP contribution >= 0.6 is 11.3 Å². The van der Waals surface area contributed by atoms with E-state index in [1.165, 1.54) is 96.3 Å². The fourth-order valence-electron chi connectivity index (χ4n) is 11.9. The molecule has 4 aliphatic carbocycles. The third-order valence-electron chi connectivity index (χ3n) is 13.9. The van der Waals surface area contributed by atoms with Crippen molar-refractivity contribution in [1.82, 2.24) is 42.5 Å². The number of fused-ring (bicyclic) bond motifs is 20. The van der Waals surface area contributed by atoms with Gasteiger partial charge in [-0.2, -0.15) is 11.8 Å². The van der Waals surface area contributed by atoms with Crippen LogP contribution in [0.5, 0.6) is 0 Å². The number of rotatable bonds is 0. The molecule has 9 fully saturated rings. The second-order valence-electron chi connectivity index (χ2n) is 16.1. The molecular weight excluding hydrogens is 642 g/mol. The van der Waals surface area contributed by atoms with E-state index in [2.05, 4.69) is 55.0 Å². The van der Waals surface area contributed by atoms with E-state index in [4.69, 9.17) is 0 Å². The van der Waals surface area contributed by atoms with Gasteiger partial charge in [-0.1, -0.05) is 51.4 Å². The molecule has 9 aliphatic rings. The molecule has 46 heavy (non-hydrogen) atoms. The quantitative estimate of drug-likeness (QED) is 0.153. The molecule has 8 N–H and O–H groups in total. The summed E-state index contributed by atoms with van der Waals surface area (Å²) in [4.78, 5) is 0. The summed E-state index contributed by atoms with van der Waals surface area (Å²) in [6.07, 6.45) is 26.4. The van der Waals surface area contributed by atoms with E-state index in [1.54, 1.807) is 11.3 Å². The van der Waals surface area contributed by atoms with Gasteiger partial charge in [-0.05, 0) is 80.0 Å². The van der Waals surface area contributed by atoms with Gasteiger partial charge in [0.25, 0.3) is 0 Å². The predicted octanol–water partition coefficient (Wildman–Crippen LogP) is 3.97. The summed E-state index contributed by atoms with van der Waals surface area (Å²) in [7, 11) is 0. The van der Waals surface area contributed by atoms with E-state index in [1.807, 2.05) is 16.8 Å². The van der Waals surface area contributed by atoms with Gasteiger partial charge in [0.15, 0.2) is 0 Å². The van der Waals surface area contributed by atoms with Crippen LogP contribution in [-0.4, -0.2) is 49.3 Å². The van der Waals surface area contributed by atoms with Crippen LogP contribution in [0.15, 0.2) is 16.8 Å². The molecule has 0 amide bonds. The predicted molar refractivity (Wildman–Crippen MR) is 180 cm³/mol. The summed E-state index contributed by atoms with van der Waals surface area (Å²) in [6.45, 7) is 0. The van der Waals surface area contributed by atoms with Crippen LogP contribution in [0.4, 0.5) is 0 Å². The smallest absolute Gasteiger partial charge is 0.322 e. The topological polar surface area (TPSA) is 96.2 Å². The number of hydrogen-bond donors (Lipinski definition) is 8. The van der Waals surface area contributed by atoms with Gasteiger partial charge >= 0.3 is 19.5 Å². The Morgan fingerprint density at radius 3 is 1.13 bits per heavy atom. The second kappa shape index (κ2) is 14.7. The number of nitrogens with one attached hydrogen (secondary N) is 8. The van der Waals surface area contributed by atoms with Crippen LogP contribution < -0.4 is 42.5 Å². The molecule has 16 atom stereocenters. The van der Waals surface area contributed by atoms with E-state index in [9.17, 15) is 0 Å². The molecule has 1 aromatic rings. The molecule has 0 radical (unpaired) electrons. The van der Waals surface area contributed by atoms with Crippen molar-refractivity contribution in [3.8, 4) is 0 Å². The zero-order chi connectivity index (χ0) is 29.7. The summed E-state index contributed by atoms with van der Waals surface area (Å²) >= 11 is 1.66. The molecule has 16 unspecified atom stereocenters. The Hall–Kier alpha value is 0.00338. The third kappa shape index (κ3) is 6.37. The van der Waals surface area contributed by atoms with Gasteiger partial charge in [-0.25, -0.2) is 12.1 Å². The molecule has 1 aromatic heterocycles. The van der Waals surface area contributed by atoms with Gasteiger partial charge in [-0.3, -0.25) is 53.9 Å². The molecule has 10 rings (SSSR count). The first-order valence-corrected chi connectivity index (χ1v) is 20.0. The zero-order valence-corrected chi connectivity index (χ0v) is 31.6. The van der Waals surface area contributed by atoms with Gasteiger partial charge in [0.2, 0.25) is 0 Å². The number of thiophene rings is 1. The van der Waals surface area contributed by atoms with Gasteiger partial charge in [-0.15, -0.1) is 11.3 Å². The molecule has 5 aliphatic heterocycles. The molecular formula is C36H58N8SZn. The van der Waals surface area contributed by atoms with Crippen molar-refractivity contribution < 1.29 is 19.5 Å². The minimum atomic E-state index is 0. The zero-order valence-electron chi connectivity index (χ0n) is 27.8. The van der Waals surface area contributed by atoms with E-state index in [0.29, 0.717) is 61.2 Å². The molecule has 6 heterocycles. The Kier molecular flexibility index (Phi) is 10.6. The average molecular weight is 700 g/mol. The van der Waals surface area contributed by atoms with Crippen LogP contribution in [0, 0.1) is 59.8 Å². The molecule has 0 aromatic carbocycles. The Bertz CT molecular complexity index is 887. The number of hydrogen-bond acceptors (Lipinski definition) is 9. The molecule has 0 spiro atoms. The van der Waals surface area contributed by atoms with Crippen molar-refractivity contribution in [2.24, 2.45) is 47.3 Å². The minimum Gasteiger partial charge on any atom is -0.322 e. The standard InChI is InChI=1S/C32H55N8.C4H3S.Zn/c1-2-10-18-17(9-1)25-33-26(18)38-28-21-13-5-6-14-22(21)30(35-28)40-32-24-16-8-7-15-23(24)31(36-32)39-29-20-12-4-3-11-19(20)27(34-29)37-25;1-2-4-5-3-1;/h9,17-40H,1-8,10-16H2;1,3-4H;/q2*-1;+2.